The number of piperazine rings is 1. The lowest BCUT2D eigenvalue weighted by Crippen LogP contribution is -2.49. The second-order valence-corrected chi connectivity index (χ2v) is 11.0. The van der Waals surface area contributed by atoms with Gasteiger partial charge in [-0.15, -0.1) is 0 Å². The maximum atomic E-state index is 12.9. The predicted octanol–water partition coefficient (Wildman–Crippen LogP) is 2.79. The maximum Gasteiger partial charge on any atom is 0.243 e. The topological polar surface area (TPSA) is 78.9 Å². The number of ether oxygens (including phenoxy) is 1. The lowest BCUT2D eigenvalue weighted by Gasteiger charge is -2.34. The Bertz CT molecular complexity index is 1000. The van der Waals surface area contributed by atoms with Gasteiger partial charge in [-0.25, -0.2) is 18.4 Å². The van der Waals surface area contributed by atoms with Crippen LogP contribution in [-0.4, -0.2) is 80.5 Å². The van der Waals surface area contributed by atoms with Crippen molar-refractivity contribution in [1.82, 2.24) is 19.2 Å². The molecule has 8 nitrogen and oxygen atoms in total. The van der Waals surface area contributed by atoms with Crippen molar-refractivity contribution in [2.75, 3.05) is 57.8 Å². The van der Waals surface area contributed by atoms with Crippen molar-refractivity contribution in [3.63, 3.8) is 0 Å². The number of hydrogen-bond donors (Lipinski definition) is 0. The Kier molecular flexibility index (Phi) is 7.65. The summed E-state index contributed by atoms with van der Waals surface area (Å²) in [5.41, 5.74) is 0. The summed E-state index contributed by atoms with van der Waals surface area (Å²) in [7, 11) is -1.92. The minimum Gasteiger partial charge on any atom is -0.497 e. The molecule has 32 heavy (non-hydrogen) atoms. The Morgan fingerprint density at radius 3 is 2.34 bits per heavy atom. The molecule has 2 aliphatic heterocycles. The van der Waals surface area contributed by atoms with Crippen molar-refractivity contribution in [3.05, 3.63) is 40.8 Å². The van der Waals surface area contributed by atoms with Crippen LogP contribution in [0.2, 0.25) is 0 Å². The smallest absolute Gasteiger partial charge is 0.243 e. The van der Waals surface area contributed by atoms with Crippen LogP contribution < -0.4 is 9.64 Å². The fourth-order valence-corrected chi connectivity index (χ4v) is 6.05. The minimum absolute atomic E-state index is 0.306. The van der Waals surface area contributed by atoms with Crippen molar-refractivity contribution >= 4 is 31.8 Å². The van der Waals surface area contributed by atoms with Crippen LogP contribution >= 0.6 is 15.9 Å². The summed E-state index contributed by atoms with van der Waals surface area (Å²) in [5.74, 6) is 2.47. The van der Waals surface area contributed by atoms with E-state index in [1.54, 1.807) is 35.7 Å². The molecule has 4 rings (SSSR count). The maximum absolute atomic E-state index is 12.9. The first-order valence-electron chi connectivity index (χ1n) is 11.1. The first kappa shape index (κ1) is 23.4. The third-order valence-electron chi connectivity index (χ3n) is 6.11. The van der Waals surface area contributed by atoms with Gasteiger partial charge >= 0.3 is 0 Å². The van der Waals surface area contributed by atoms with E-state index in [4.69, 9.17) is 9.72 Å². The van der Waals surface area contributed by atoms with E-state index in [9.17, 15) is 8.42 Å². The van der Waals surface area contributed by atoms with Crippen molar-refractivity contribution in [3.8, 4) is 5.75 Å². The van der Waals surface area contributed by atoms with Gasteiger partial charge in [-0.2, -0.15) is 4.31 Å². The van der Waals surface area contributed by atoms with Gasteiger partial charge in [-0.3, -0.25) is 0 Å². The molecule has 3 heterocycles. The van der Waals surface area contributed by atoms with Gasteiger partial charge in [-0.05, 0) is 59.5 Å². The lowest BCUT2D eigenvalue weighted by molar-refractivity contribution is 0.189. The summed E-state index contributed by atoms with van der Waals surface area (Å²) in [5, 5.41) is 0. The van der Waals surface area contributed by atoms with Crippen LogP contribution in [0.4, 0.5) is 5.82 Å². The van der Waals surface area contributed by atoms with Gasteiger partial charge in [0, 0.05) is 58.4 Å². The zero-order chi connectivity index (χ0) is 22.6. The number of sulfonamides is 1. The predicted molar refractivity (Wildman–Crippen MR) is 128 cm³/mol. The molecule has 2 saturated heterocycles. The molecule has 2 fully saturated rings. The van der Waals surface area contributed by atoms with Crippen LogP contribution in [0.1, 0.15) is 25.1 Å². The van der Waals surface area contributed by atoms with E-state index < -0.39 is 10.0 Å². The van der Waals surface area contributed by atoms with Crippen LogP contribution in [0.15, 0.2) is 39.8 Å². The largest absolute Gasteiger partial charge is 0.497 e. The van der Waals surface area contributed by atoms with E-state index in [1.165, 1.54) is 19.3 Å². The highest BCUT2D eigenvalue weighted by atomic mass is 79.9. The third-order valence-corrected chi connectivity index (χ3v) is 8.58. The number of piperidine rings is 1. The first-order valence-corrected chi connectivity index (χ1v) is 13.3. The second kappa shape index (κ2) is 10.5. The fraction of sp³-hybridized carbons (Fsp3) is 0.545. The highest BCUT2D eigenvalue weighted by Gasteiger charge is 2.28. The molecule has 1 aromatic heterocycles. The van der Waals surface area contributed by atoms with E-state index in [2.05, 4.69) is 30.7 Å². The molecule has 0 spiro atoms. The minimum atomic E-state index is -3.48. The van der Waals surface area contributed by atoms with Gasteiger partial charge in [-0.1, -0.05) is 0 Å². The molecule has 0 bridgehead atoms. The van der Waals surface area contributed by atoms with Crippen LogP contribution in [0.3, 0.4) is 0 Å². The highest BCUT2D eigenvalue weighted by molar-refractivity contribution is 9.10. The summed E-state index contributed by atoms with van der Waals surface area (Å²) in [6.07, 6.45) is 6.29. The molecule has 0 amide bonds. The summed E-state index contributed by atoms with van der Waals surface area (Å²) in [6, 6.07) is 6.57. The molecule has 0 saturated carbocycles. The summed E-state index contributed by atoms with van der Waals surface area (Å²) in [4.78, 5) is 14.2. The Labute approximate surface area is 198 Å². The molecule has 0 radical (unpaired) electrons. The molecule has 0 unspecified atom stereocenters. The van der Waals surface area contributed by atoms with Crippen LogP contribution in [0, 0.1) is 0 Å². The van der Waals surface area contributed by atoms with E-state index in [0.29, 0.717) is 36.8 Å². The van der Waals surface area contributed by atoms with Gasteiger partial charge in [0.1, 0.15) is 17.4 Å². The number of anilines is 1. The van der Waals surface area contributed by atoms with Gasteiger partial charge in [0.2, 0.25) is 10.0 Å². The molecule has 0 atom stereocenters. The molecule has 1 aromatic carbocycles. The fourth-order valence-electron chi connectivity index (χ4n) is 4.19. The van der Waals surface area contributed by atoms with Crippen LogP contribution in [0.5, 0.6) is 5.75 Å². The average molecular weight is 524 g/mol. The van der Waals surface area contributed by atoms with Gasteiger partial charge in [0.05, 0.1) is 16.5 Å². The zero-order valence-corrected chi connectivity index (χ0v) is 20.8. The van der Waals surface area contributed by atoms with Crippen molar-refractivity contribution < 1.29 is 13.2 Å². The number of rotatable bonds is 7. The Morgan fingerprint density at radius 2 is 1.69 bits per heavy atom. The van der Waals surface area contributed by atoms with Crippen LogP contribution in [0.25, 0.3) is 0 Å². The van der Waals surface area contributed by atoms with E-state index >= 15 is 0 Å². The Hall–Kier alpha value is -1.75. The second-order valence-electron chi connectivity index (χ2n) is 8.18. The zero-order valence-electron chi connectivity index (χ0n) is 18.4. The Balaban J connectivity index is 1.31. The van der Waals surface area contributed by atoms with E-state index in [-0.39, 0.29) is 0 Å². The number of nitrogens with zero attached hydrogens (tertiary/aromatic N) is 5. The van der Waals surface area contributed by atoms with Gasteiger partial charge in [0.25, 0.3) is 0 Å². The highest BCUT2D eigenvalue weighted by Crippen LogP contribution is 2.26. The lowest BCUT2D eigenvalue weighted by atomic mass is 10.1. The molecule has 174 valence electrons. The number of benzene rings is 1. The quantitative estimate of drug-likeness (QED) is 0.551. The van der Waals surface area contributed by atoms with Crippen molar-refractivity contribution in [2.45, 2.75) is 30.6 Å². The summed E-state index contributed by atoms with van der Waals surface area (Å²) < 4.78 is 33.5. The number of aromatic nitrogens is 2. The Morgan fingerprint density at radius 1 is 1.00 bits per heavy atom. The molecule has 0 aliphatic carbocycles. The molecular formula is C22H30BrN5O3S. The molecule has 2 aromatic rings. The number of methoxy groups -OCH3 is 1. The molecule has 10 heteroatoms. The van der Waals surface area contributed by atoms with Crippen molar-refractivity contribution in [1.29, 1.82) is 0 Å². The van der Waals surface area contributed by atoms with Gasteiger partial charge in [0.15, 0.2) is 0 Å². The monoisotopic (exact) mass is 523 g/mol. The van der Waals surface area contributed by atoms with Crippen molar-refractivity contribution in [2.24, 2.45) is 0 Å². The third kappa shape index (κ3) is 5.41. The van der Waals surface area contributed by atoms with Gasteiger partial charge < -0.3 is 14.5 Å². The van der Waals surface area contributed by atoms with E-state index in [1.807, 2.05) is 6.20 Å². The number of halogens is 1. The molecule has 2 aliphatic rings. The van der Waals surface area contributed by atoms with E-state index in [0.717, 1.165) is 42.2 Å². The average Bonchev–Trinajstić information content (AvgIpc) is 2.84. The first-order chi connectivity index (χ1) is 15.5. The SMILES string of the molecule is COc1ccc(S(=O)(=O)N2CCN(CCc3ncc(Br)c(N4CCCCC4)n3)CC2)cc1. The normalized spacial score (nSPS) is 18.6. The van der Waals surface area contributed by atoms with Crippen LogP contribution in [-0.2, 0) is 16.4 Å². The molecular weight excluding hydrogens is 494 g/mol. The summed E-state index contributed by atoms with van der Waals surface area (Å²) in [6.45, 7) is 5.26. The molecule has 0 N–H and O–H groups in total. The standard InChI is InChI=1S/C22H30BrN5O3S/c1-31-18-5-7-19(8-6-18)32(29,30)28-15-13-26(14-16-28)12-9-21-24-17-20(23)22(25-21)27-10-3-2-4-11-27/h5-8,17H,2-4,9-16H2,1H3. The number of hydrogen-bond acceptors (Lipinski definition) is 7. The summed E-state index contributed by atoms with van der Waals surface area (Å²) >= 11 is 3.60.